The number of benzene rings is 1. The number of ketones is 1. The van der Waals surface area contributed by atoms with Gasteiger partial charge in [-0.1, -0.05) is 31.2 Å². The van der Waals surface area contributed by atoms with Gasteiger partial charge in [0.05, 0.1) is 6.67 Å². The third-order valence-corrected chi connectivity index (χ3v) is 2.22. The summed E-state index contributed by atoms with van der Waals surface area (Å²) >= 11 is 0. The first kappa shape index (κ1) is 10.9. The zero-order valence-electron chi connectivity index (χ0n) is 8.42. The van der Waals surface area contributed by atoms with Crippen LogP contribution >= 0.6 is 0 Å². The van der Waals surface area contributed by atoms with Gasteiger partial charge < -0.3 is 0 Å². The third kappa shape index (κ3) is 2.95. The highest BCUT2D eigenvalue weighted by molar-refractivity contribution is 5.96. The second-order valence-corrected chi connectivity index (χ2v) is 3.27. The van der Waals surface area contributed by atoms with Crippen LogP contribution in [0.1, 0.15) is 35.7 Å². The molecule has 1 rings (SSSR count). The van der Waals surface area contributed by atoms with Crippen molar-refractivity contribution in [3.8, 4) is 0 Å². The summed E-state index contributed by atoms with van der Waals surface area (Å²) in [4.78, 5) is 11.4. The predicted molar refractivity (Wildman–Crippen MR) is 55.4 cm³/mol. The van der Waals surface area contributed by atoms with E-state index in [4.69, 9.17) is 0 Å². The molecule has 0 aliphatic rings. The number of rotatable bonds is 5. The molecule has 1 aromatic rings. The first-order valence-corrected chi connectivity index (χ1v) is 4.96. The maximum absolute atomic E-state index is 11.8. The smallest absolute Gasteiger partial charge is 0.162 e. The van der Waals surface area contributed by atoms with Gasteiger partial charge in [0.15, 0.2) is 5.78 Å². The van der Waals surface area contributed by atoms with Crippen molar-refractivity contribution in [2.24, 2.45) is 0 Å². The average molecular weight is 194 g/mol. The molecule has 0 spiro atoms. The number of hydrogen-bond donors (Lipinski definition) is 0. The van der Waals surface area contributed by atoms with Gasteiger partial charge in [0.1, 0.15) is 0 Å². The molecule has 0 saturated heterocycles. The molecule has 0 amide bonds. The first-order valence-electron chi connectivity index (χ1n) is 4.96. The summed E-state index contributed by atoms with van der Waals surface area (Å²) in [6, 6.07) is 7.53. The van der Waals surface area contributed by atoms with Gasteiger partial charge in [-0.25, -0.2) is 0 Å². The summed E-state index contributed by atoms with van der Waals surface area (Å²) in [7, 11) is 0. The fourth-order valence-corrected chi connectivity index (χ4v) is 1.30. The standard InChI is InChI=1S/C12H15FO/c1-2-10-5-7-11(8-6-10)12(14)4-3-9-13/h5-8H,2-4,9H2,1H3. The van der Waals surface area contributed by atoms with Gasteiger partial charge in [0, 0.05) is 12.0 Å². The lowest BCUT2D eigenvalue weighted by Gasteiger charge is -2.00. The van der Waals surface area contributed by atoms with Crippen LogP contribution in [0.3, 0.4) is 0 Å². The minimum Gasteiger partial charge on any atom is -0.294 e. The number of carbonyl (C=O) groups excluding carboxylic acids is 1. The quantitative estimate of drug-likeness (QED) is 0.658. The van der Waals surface area contributed by atoms with Crippen molar-refractivity contribution >= 4 is 5.78 Å². The van der Waals surface area contributed by atoms with E-state index in [-0.39, 0.29) is 5.78 Å². The molecule has 0 heterocycles. The Balaban J connectivity index is 2.62. The fourth-order valence-electron chi connectivity index (χ4n) is 1.30. The second kappa shape index (κ2) is 5.53. The van der Waals surface area contributed by atoms with Gasteiger partial charge in [-0.05, 0) is 18.4 Å². The lowest BCUT2D eigenvalue weighted by atomic mass is 10.0. The van der Waals surface area contributed by atoms with Gasteiger partial charge in [0.2, 0.25) is 0 Å². The molecule has 0 aliphatic carbocycles. The van der Waals surface area contributed by atoms with Crippen molar-refractivity contribution in [3.05, 3.63) is 35.4 Å². The molecule has 2 heteroatoms. The Kier molecular flexibility index (Phi) is 4.30. The molecule has 14 heavy (non-hydrogen) atoms. The Bertz CT molecular complexity index is 290. The molecule has 0 unspecified atom stereocenters. The van der Waals surface area contributed by atoms with E-state index in [2.05, 4.69) is 6.92 Å². The maximum Gasteiger partial charge on any atom is 0.162 e. The molecular weight excluding hydrogens is 179 g/mol. The molecule has 1 aromatic carbocycles. The fraction of sp³-hybridized carbons (Fsp3) is 0.417. The van der Waals surface area contributed by atoms with E-state index in [1.54, 1.807) is 0 Å². The van der Waals surface area contributed by atoms with E-state index < -0.39 is 6.67 Å². The van der Waals surface area contributed by atoms with E-state index in [1.807, 2.05) is 24.3 Å². The topological polar surface area (TPSA) is 17.1 Å². The first-order chi connectivity index (χ1) is 6.77. The minimum atomic E-state index is -0.418. The maximum atomic E-state index is 11.8. The van der Waals surface area contributed by atoms with Crippen LogP contribution in [-0.4, -0.2) is 12.5 Å². The molecule has 0 radical (unpaired) electrons. The van der Waals surface area contributed by atoms with Crippen LogP contribution < -0.4 is 0 Å². The molecule has 0 aromatic heterocycles. The van der Waals surface area contributed by atoms with Crippen molar-refractivity contribution in [2.45, 2.75) is 26.2 Å². The van der Waals surface area contributed by atoms with Gasteiger partial charge in [-0.3, -0.25) is 9.18 Å². The van der Waals surface area contributed by atoms with Crippen molar-refractivity contribution in [3.63, 3.8) is 0 Å². The Hall–Kier alpha value is -1.18. The van der Waals surface area contributed by atoms with Gasteiger partial charge >= 0.3 is 0 Å². The van der Waals surface area contributed by atoms with Crippen LogP contribution in [0.2, 0.25) is 0 Å². The van der Waals surface area contributed by atoms with Crippen LogP contribution in [0.5, 0.6) is 0 Å². The summed E-state index contributed by atoms with van der Waals surface area (Å²) < 4.78 is 11.8. The predicted octanol–water partition coefficient (Wildman–Crippen LogP) is 3.18. The Morgan fingerprint density at radius 1 is 1.29 bits per heavy atom. The van der Waals surface area contributed by atoms with E-state index in [1.165, 1.54) is 5.56 Å². The highest BCUT2D eigenvalue weighted by Gasteiger charge is 2.04. The SMILES string of the molecule is CCc1ccc(C(=O)CCCF)cc1. The van der Waals surface area contributed by atoms with Crippen molar-refractivity contribution in [2.75, 3.05) is 6.67 Å². The van der Waals surface area contributed by atoms with Crippen molar-refractivity contribution in [1.29, 1.82) is 0 Å². The van der Waals surface area contributed by atoms with Crippen LogP contribution in [0.15, 0.2) is 24.3 Å². The summed E-state index contributed by atoms with van der Waals surface area (Å²) in [5, 5.41) is 0. The molecule has 0 saturated carbocycles. The van der Waals surface area contributed by atoms with Crippen LogP contribution in [0.4, 0.5) is 4.39 Å². The molecule has 0 bridgehead atoms. The number of hydrogen-bond acceptors (Lipinski definition) is 1. The zero-order valence-corrected chi connectivity index (χ0v) is 8.42. The second-order valence-electron chi connectivity index (χ2n) is 3.27. The Morgan fingerprint density at radius 3 is 2.43 bits per heavy atom. The Morgan fingerprint density at radius 2 is 1.93 bits per heavy atom. The number of aryl methyl sites for hydroxylation is 1. The Labute approximate surface area is 83.9 Å². The largest absolute Gasteiger partial charge is 0.294 e. The van der Waals surface area contributed by atoms with Crippen LogP contribution in [-0.2, 0) is 6.42 Å². The molecule has 0 N–H and O–H groups in total. The molecule has 1 nitrogen and oxygen atoms in total. The van der Waals surface area contributed by atoms with Crippen molar-refractivity contribution in [1.82, 2.24) is 0 Å². The van der Waals surface area contributed by atoms with Crippen LogP contribution in [0.25, 0.3) is 0 Å². The van der Waals surface area contributed by atoms with E-state index >= 15 is 0 Å². The molecular formula is C12H15FO. The summed E-state index contributed by atoms with van der Waals surface area (Å²) in [5.41, 5.74) is 1.91. The number of alkyl halides is 1. The van der Waals surface area contributed by atoms with Gasteiger partial charge in [-0.2, -0.15) is 0 Å². The summed E-state index contributed by atoms with van der Waals surface area (Å²) in [6.45, 7) is 1.65. The molecule has 0 atom stereocenters. The van der Waals surface area contributed by atoms with E-state index in [0.29, 0.717) is 18.4 Å². The third-order valence-electron chi connectivity index (χ3n) is 2.22. The number of carbonyl (C=O) groups is 1. The highest BCUT2D eigenvalue weighted by atomic mass is 19.1. The lowest BCUT2D eigenvalue weighted by Crippen LogP contribution is -1.99. The average Bonchev–Trinajstić information content (AvgIpc) is 2.26. The van der Waals surface area contributed by atoms with Gasteiger partial charge in [0.25, 0.3) is 0 Å². The highest BCUT2D eigenvalue weighted by Crippen LogP contribution is 2.08. The van der Waals surface area contributed by atoms with Crippen molar-refractivity contribution < 1.29 is 9.18 Å². The molecule has 0 fully saturated rings. The number of Topliss-reactive ketones (excluding diaryl/α,β-unsaturated/α-hetero) is 1. The zero-order chi connectivity index (χ0) is 10.4. The minimum absolute atomic E-state index is 0.0327. The van der Waals surface area contributed by atoms with Crippen LogP contribution in [0, 0.1) is 0 Å². The monoisotopic (exact) mass is 194 g/mol. The summed E-state index contributed by atoms with van der Waals surface area (Å²) in [5.74, 6) is 0.0327. The molecule has 0 aliphatic heterocycles. The van der Waals surface area contributed by atoms with Gasteiger partial charge in [-0.15, -0.1) is 0 Å². The van der Waals surface area contributed by atoms with E-state index in [9.17, 15) is 9.18 Å². The lowest BCUT2D eigenvalue weighted by molar-refractivity contribution is 0.0977. The number of halogens is 1. The summed E-state index contributed by atoms with van der Waals surface area (Å²) in [6.07, 6.45) is 1.61. The van der Waals surface area contributed by atoms with E-state index in [0.717, 1.165) is 6.42 Å². The normalized spacial score (nSPS) is 10.1. The molecule has 76 valence electrons.